The summed E-state index contributed by atoms with van der Waals surface area (Å²) in [4.78, 5) is 11.0. The molecule has 0 spiro atoms. The van der Waals surface area contributed by atoms with E-state index < -0.39 is 34.0 Å². The van der Waals surface area contributed by atoms with E-state index >= 15 is 0 Å². The summed E-state index contributed by atoms with van der Waals surface area (Å²) in [5, 5.41) is 0.318. The zero-order chi connectivity index (χ0) is 14.7. The van der Waals surface area contributed by atoms with Crippen LogP contribution < -0.4 is 5.19 Å². The highest BCUT2D eigenvalue weighted by Gasteiger charge is 2.62. The Morgan fingerprint density at radius 1 is 1.00 bits per heavy atom. The molecule has 1 rings (SSSR count). The summed E-state index contributed by atoms with van der Waals surface area (Å²) < 4.78 is 77.1. The van der Waals surface area contributed by atoms with Crippen molar-refractivity contribution in [2.45, 2.75) is 12.4 Å². The Morgan fingerprint density at radius 3 is 1.89 bits per heavy atom. The van der Waals surface area contributed by atoms with Gasteiger partial charge in [0.25, 0.3) is 0 Å². The number of alkyl halides is 6. The van der Waals surface area contributed by atoms with Crippen LogP contribution in [0.2, 0.25) is 0 Å². The van der Waals surface area contributed by atoms with E-state index in [4.69, 9.17) is 0 Å². The molecule has 0 aliphatic rings. The number of hydrogen-bond acceptors (Lipinski definition) is 2. The van der Waals surface area contributed by atoms with Crippen molar-refractivity contribution in [3.8, 4) is 0 Å². The molecule has 0 atom stereocenters. The van der Waals surface area contributed by atoms with E-state index in [1.165, 1.54) is 24.3 Å². The van der Waals surface area contributed by atoms with Crippen LogP contribution in [0.4, 0.5) is 26.3 Å². The average molecular weight is 300 g/mol. The molecule has 0 heterocycles. The highest BCUT2D eigenvalue weighted by atomic mass is 28.2. The molecule has 0 saturated heterocycles. The van der Waals surface area contributed by atoms with Gasteiger partial charge in [0.1, 0.15) is 0 Å². The first-order chi connectivity index (χ1) is 8.62. The van der Waals surface area contributed by atoms with E-state index in [2.05, 4.69) is 4.43 Å². The first-order valence-corrected chi connectivity index (χ1v) is 5.68. The third-order valence-corrected chi connectivity index (χ3v) is 2.81. The van der Waals surface area contributed by atoms with Crippen molar-refractivity contribution >= 4 is 20.9 Å². The fourth-order valence-electron chi connectivity index (χ4n) is 1.13. The van der Waals surface area contributed by atoms with Gasteiger partial charge in [-0.15, -0.1) is 0 Å². The summed E-state index contributed by atoms with van der Waals surface area (Å²) >= 11 is 0. The molecular formula is C10H6F6O2Si. The zero-order valence-corrected chi connectivity index (χ0v) is 10.0. The van der Waals surface area contributed by atoms with Crippen molar-refractivity contribution in [2.24, 2.45) is 5.92 Å². The molecule has 2 nitrogen and oxygen atoms in total. The Kier molecular flexibility index (Phi) is 4.61. The van der Waals surface area contributed by atoms with Crippen molar-refractivity contribution in [1.82, 2.24) is 0 Å². The van der Waals surface area contributed by atoms with E-state index in [1.54, 1.807) is 6.07 Å². The number of carbonyl (C=O) groups excluding carboxylic acids is 1. The monoisotopic (exact) mass is 300 g/mol. The minimum Gasteiger partial charge on any atom is -0.511 e. The van der Waals surface area contributed by atoms with Crippen LogP contribution in [0.1, 0.15) is 0 Å². The van der Waals surface area contributed by atoms with Crippen LogP contribution >= 0.6 is 0 Å². The van der Waals surface area contributed by atoms with E-state index in [0.29, 0.717) is 5.19 Å². The lowest BCUT2D eigenvalue weighted by Crippen LogP contribution is -2.44. The van der Waals surface area contributed by atoms with Gasteiger partial charge in [0.15, 0.2) is 0 Å². The van der Waals surface area contributed by atoms with Crippen molar-refractivity contribution in [3.05, 3.63) is 30.3 Å². The lowest BCUT2D eigenvalue weighted by molar-refractivity contribution is -0.279. The van der Waals surface area contributed by atoms with Crippen LogP contribution in [0.5, 0.6) is 0 Å². The molecule has 0 aromatic heterocycles. The Labute approximate surface area is 106 Å². The second-order valence-corrected chi connectivity index (χ2v) is 4.39. The average Bonchev–Trinajstić information content (AvgIpc) is 2.24. The largest absolute Gasteiger partial charge is 0.511 e. The van der Waals surface area contributed by atoms with Gasteiger partial charge in [0, 0.05) is 0 Å². The van der Waals surface area contributed by atoms with Gasteiger partial charge in [0.2, 0.25) is 5.92 Å². The smallest absolute Gasteiger partial charge is 0.411 e. The molecule has 0 bridgehead atoms. The summed E-state index contributed by atoms with van der Waals surface area (Å²) in [6, 6.07) is 7.47. The fraction of sp³-hybridized carbons (Fsp3) is 0.300. The lowest BCUT2D eigenvalue weighted by atomic mass is 10.1. The van der Waals surface area contributed by atoms with Crippen LogP contribution in [0.25, 0.3) is 0 Å². The molecule has 2 radical (unpaired) electrons. The van der Waals surface area contributed by atoms with Gasteiger partial charge in [-0.3, -0.25) is 4.79 Å². The molecule has 9 heteroatoms. The van der Waals surface area contributed by atoms with E-state index in [1.807, 2.05) is 0 Å². The van der Waals surface area contributed by atoms with Gasteiger partial charge in [-0.2, -0.15) is 26.3 Å². The van der Waals surface area contributed by atoms with Crippen LogP contribution in [0.15, 0.2) is 30.3 Å². The Balaban J connectivity index is 2.74. The third-order valence-electron chi connectivity index (χ3n) is 1.93. The Morgan fingerprint density at radius 2 is 1.47 bits per heavy atom. The minimum absolute atomic E-state index is 0.318. The number of hydrogen-bond donors (Lipinski definition) is 0. The molecule has 19 heavy (non-hydrogen) atoms. The van der Waals surface area contributed by atoms with E-state index in [0.717, 1.165) is 0 Å². The quantitative estimate of drug-likeness (QED) is 0.632. The first kappa shape index (κ1) is 15.5. The number of carbonyl (C=O) groups is 1. The van der Waals surface area contributed by atoms with Crippen LogP contribution in [-0.4, -0.2) is 28.1 Å². The maximum Gasteiger partial charge on any atom is 0.411 e. The summed E-state index contributed by atoms with van der Waals surface area (Å²) in [5.41, 5.74) is 0. The van der Waals surface area contributed by atoms with Crippen molar-refractivity contribution in [1.29, 1.82) is 0 Å². The second kappa shape index (κ2) is 5.64. The number of halogens is 6. The minimum atomic E-state index is -5.73. The maximum atomic E-state index is 12.2. The standard InChI is InChI=1S/C10H6F6O2Si/c11-9(12,13)7(10(14,15)16)8(17)18-19-6-4-2-1-3-5-6/h1-5,7H. The van der Waals surface area contributed by atoms with Crippen molar-refractivity contribution in [3.63, 3.8) is 0 Å². The fourth-order valence-corrected chi connectivity index (χ4v) is 1.79. The summed E-state index contributed by atoms with van der Waals surface area (Å²) in [5.74, 6) is -6.46. The highest BCUT2D eigenvalue weighted by Crippen LogP contribution is 2.39. The predicted molar refractivity (Wildman–Crippen MR) is 53.5 cm³/mol. The predicted octanol–water partition coefficient (Wildman–Crippen LogP) is 2.22. The van der Waals surface area contributed by atoms with Crippen LogP contribution in [-0.2, 0) is 9.22 Å². The van der Waals surface area contributed by atoms with Gasteiger partial charge in [0.05, 0.1) is 0 Å². The van der Waals surface area contributed by atoms with Crippen molar-refractivity contribution < 1.29 is 35.6 Å². The number of rotatable bonds is 3. The van der Waals surface area contributed by atoms with Gasteiger partial charge >= 0.3 is 28.1 Å². The second-order valence-electron chi connectivity index (χ2n) is 3.41. The normalized spacial score (nSPS) is 12.6. The molecule has 0 N–H and O–H groups in total. The summed E-state index contributed by atoms with van der Waals surface area (Å²) in [6.07, 6.45) is -11.5. The molecule has 0 amide bonds. The molecule has 0 saturated carbocycles. The lowest BCUT2D eigenvalue weighted by Gasteiger charge is -2.21. The van der Waals surface area contributed by atoms with Gasteiger partial charge in [-0.25, -0.2) is 0 Å². The zero-order valence-electron chi connectivity index (χ0n) is 9.05. The Bertz CT molecular complexity index is 414. The Hall–Kier alpha value is -1.51. The SMILES string of the molecule is O=C(O[Si]c1ccccc1)C(C(F)(F)F)C(F)(F)F. The van der Waals surface area contributed by atoms with Crippen LogP contribution in [0, 0.1) is 5.92 Å². The van der Waals surface area contributed by atoms with Gasteiger partial charge in [-0.1, -0.05) is 30.3 Å². The molecule has 0 unspecified atom stereocenters. The van der Waals surface area contributed by atoms with E-state index in [-0.39, 0.29) is 0 Å². The molecule has 0 aliphatic heterocycles. The highest BCUT2D eigenvalue weighted by molar-refractivity contribution is 6.48. The summed E-state index contributed by atoms with van der Waals surface area (Å²) in [7, 11) is -0.914. The molecule has 0 fully saturated rings. The van der Waals surface area contributed by atoms with Gasteiger partial charge < -0.3 is 4.43 Å². The maximum absolute atomic E-state index is 12.2. The molecule has 104 valence electrons. The molecule has 1 aromatic rings. The van der Waals surface area contributed by atoms with Crippen molar-refractivity contribution in [2.75, 3.05) is 0 Å². The number of benzene rings is 1. The first-order valence-electron chi connectivity index (χ1n) is 4.77. The molecule has 1 aromatic carbocycles. The molecular weight excluding hydrogens is 294 g/mol. The van der Waals surface area contributed by atoms with Crippen LogP contribution in [0.3, 0.4) is 0 Å². The molecule has 0 aliphatic carbocycles. The van der Waals surface area contributed by atoms with E-state index in [9.17, 15) is 31.1 Å². The summed E-state index contributed by atoms with van der Waals surface area (Å²) in [6.45, 7) is 0. The topological polar surface area (TPSA) is 26.3 Å². The van der Waals surface area contributed by atoms with Gasteiger partial charge in [-0.05, 0) is 5.19 Å². The third kappa shape index (κ3) is 4.58.